The number of likely N-dealkylation sites (tertiary alicyclic amines) is 1. The molecule has 3 rings (SSSR count). The summed E-state index contributed by atoms with van der Waals surface area (Å²) in [6.45, 7) is 9.03. The first-order valence-corrected chi connectivity index (χ1v) is 14.3. The van der Waals surface area contributed by atoms with E-state index in [0.29, 0.717) is 31.0 Å². The second kappa shape index (κ2) is 13.7. The zero-order valence-electron chi connectivity index (χ0n) is 22.9. The van der Waals surface area contributed by atoms with Gasteiger partial charge in [-0.1, -0.05) is 45.0 Å². The largest absolute Gasteiger partial charge is 0.391 e. The lowest BCUT2D eigenvalue weighted by atomic mass is 9.85. The molecular weight excluding hydrogens is 506 g/mol. The summed E-state index contributed by atoms with van der Waals surface area (Å²) in [6, 6.07) is 6.95. The third-order valence-electron chi connectivity index (χ3n) is 6.92. The Morgan fingerprint density at radius 1 is 1.24 bits per heavy atom. The number of ether oxygens (including phenoxy) is 1. The molecule has 2 heterocycles. The lowest BCUT2D eigenvalue weighted by molar-refractivity contribution is -0.144. The number of nitrogens with zero attached hydrogens (tertiary/aromatic N) is 1. The van der Waals surface area contributed by atoms with Gasteiger partial charge in [0, 0.05) is 49.6 Å². The number of carbonyl (C=O) groups is 3. The van der Waals surface area contributed by atoms with Gasteiger partial charge in [-0.15, -0.1) is 11.8 Å². The SMILES string of the molecule is CC1NCSC1c1ccc(CNC(=O)C2CC(O)CN2C(=O)C(NC(=O)CCOCCN)C(C)(C)C)cc1. The van der Waals surface area contributed by atoms with E-state index in [2.05, 4.69) is 35.0 Å². The Labute approximate surface area is 229 Å². The van der Waals surface area contributed by atoms with Crippen LogP contribution in [0.1, 0.15) is 56.9 Å². The second-order valence-corrected chi connectivity index (χ2v) is 12.2. The number of hydrogen-bond donors (Lipinski definition) is 5. The fourth-order valence-corrected chi connectivity index (χ4v) is 6.01. The number of β-amino-alcohol motifs (C(OH)–C–C–N with tert-alkyl or cyclic N) is 1. The van der Waals surface area contributed by atoms with Gasteiger partial charge in [-0.25, -0.2) is 0 Å². The molecule has 212 valence electrons. The molecule has 1 aromatic rings. The van der Waals surface area contributed by atoms with Crippen LogP contribution in [0.25, 0.3) is 0 Å². The maximum Gasteiger partial charge on any atom is 0.246 e. The Morgan fingerprint density at radius 2 is 1.95 bits per heavy atom. The molecule has 2 aliphatic heterocycles. The molecule has 0 aromatic heterocycles. The summed E-state index contributed by atoms with van der Waals surface area (Å²) in [6.07, 6.45) is -0.563. The number of aliphatic hydroxyl groups excluding tert-OH is 1. The highest BCUT2D eigenvalue weighted by molar-refractivity contribution is 7.99. The zero-order valence-corrected chi connectivity index (χ0v) is 23.7. The molecule has 5 unspecified atom stereocenters. The Kier molecular flexibility index (Phi) is 11.0. The number of nitrogens with one attached hydrogen (secondary N) is 3. The van der Waals surface area contributed by atoms with Crippen LogP contribution in [0.4, 0.5) is 0 Å². The highest BCUT2D eigenvalue weighted by atomic mass is 32.2. The van der Waals surface area contributed by atoms with Crippen LogP contribution in [0, 0.1) is 5.41 Å². The molecule has 10 nitrogen and oxygen atoms in total. The molecule has 6 N–H and O–H groups in total. The third kappa shape index (κ3) is 8.16. The fourth-order valence-electron chi connectivity index (χ4n) is 4.74. The number of carbonyl (C=O) groups excluding carboxylic acids is 3. The molecule has 2 fully saturated rings. The molecule has 0 aliphatic carbocycles. The van der Waals surface area contributed by atoms with Crippen LogP contribution in [-0.2, 0) is 25.7 Å². The van der Waals surface area contributed by atoms with E-state index in [1.807, 2.05) is 44.7 Å². The van der Waals surface area contributed by atoms with Crippen LogP contribution in [-0.4, -0.2) is 84.1 Å². The van der Waals surface area contributed by atoms with Crippen molar-refractivity contribution >= 4 is 29.5 Å². The summed E-state index contributed by atoms with van der Waals surface area (Å²) >= 11 is 1.88. The van der Waals surface area contributed by atoms with Crippen LogP contribution in [0.2, 0.25) is 0 Å². The summed E-state index contributed by atoms with van der Waals surface area (Å²) < 4.78 is 5.27. The van der Waals surface area contributed by atoms with E-state index >= 15 is 0 Å². The fraction of sp³-hybridized carbons (Fsp3) is 0.667. The van der Waals surface area contributed by atoms with Crippen molar-refractivity contribution in [1.82, 2.24) is 20.9 Å². The predicted molar refractivity (Wildman–Crippen MR) is 148 cm³/mol. The van der Waals surface area contributed by atoms with Crippen LogP contribution in [0.5, 0.6) is 0 Å². The first-order valence-electron chi connectivity index (χ1n) is 13.3. The lowest BCUT2D eigenvalue weighted by Gasteiger charge is -2.35. The molecule has 5 atom stereocenters. The van der Waals surface area contributed by atoms with Crippen molar-refractivity contribution in [1.29, 1.82) is 0 Å². The number of hydrogen-bond acceptors (Lipinski definition) is 8. The average molecular weight is 550 g/mol. The van der Waals surface area contributed by atoms with E-state index in [-0.39, 0.29) is 43.7 Å². The van der Waals surface area contributed by atoms with E-state index in [9.17, 15) is 19.5 Å². The molecule has 1 aromatic carbocycles. The van der Waals surface area contributed by atoms with Crippen molar-refractivity contribution in [3.8, 4) is 0 Å². The summed E-state index contributed by atoms with van der Waals surface area (Å²) in [5.74, 6) is -0.0840. The van der Waals surface area contributed by atoms with Gasteiger partial charge in [0.2, 0.25) is 17.7 Å². The quantitative estimate of drug-likeness (QED) is 0.256. The summed E-state index contributed by atoms with van der Waals surface area (Å²) in [5.41, 5.74) is 7.00. The van der Waals surface area contributed by atoms with Gasteiger partial charge in [0.25, 0.3) is 0 Å². The molecule has 2 saturated heterocycles. The topological polar surface area (TPSA) is 146 Å². The highest BCUT2D eigenvalue weighted by Gasteiger charge is 2.44. The number of thioether (sulfide) groups is 1. The van der Waals surface area contributed by atoms with E-state index in [1.165, 1.54) is 10.5 Å². The van der Waals surface area contributed by atoms with Gasteiger partial charge in [0.1, 0.15) is 12.1 Å². The van der Waals surface area contributed by atoms with Crippen LogP contribution < -0.4 is 21.7 Å². The van der Waals surface area contributed by atoms with E-state index < -0.39 is 23.6 Å². The van der Waals surface area contributed by atoms with Gasteiger partial charge in [0.05, 0.1) is 19.3 Å². The molecule has 0 spiro atoms. The average Bonchev–Trinajstić information content (AvgIpc) is 3.48. The molecular formula is C27H43N5O5S. The van der Waals surface area contributed by atoms with E-state index in [0.717, 1.165) is 11.4 Å². The van der Waals surface area contributed by atoms with E-state index in [4.69, 9.17) is 10.5 Å². The van der Waals surface area contributed by atoms with Gasteiger partial charge in [-0.3, -0.25) is 14.4 Å². The minimum absolute atomic E-state index is 0.0406. The Balaban J connectivity index is 1.61. The Hall–Kier alpha value is -2.18. The zero-order chi connectivity index (χ0) is 27.9. The van der Waals surface area contributed by atoms with Crippen molar-refractivity contribution in [3.05, 3.63) is 35.4 Å². The number of amides is 3. The molecule has 2 aliphatic rings. The van der Waals surface area contributed by atoms with E-state index in [1.54, 1.807) is 0 Å². The van der Waals surface area contributed by atoms with Gasteiger partial charge < -0.3 is 36.4 Å². The van der Waals surface area contributed by atoms with Crippen LogP contribution >= 0.6 is 11.8 Å². The predicted octanol–water partition coefficient (Wildman–Crippen LogP) is 0.884. The summed E-state index contributed by atoms with van der Waals surface area (Å²) in [4.78, 5) is 40.7. The first-order chi connectivity index (χ1) is 18.0. The number of aliphatic hydroxyl groups is 1. The van der Waals surface area contributed by atoms with Crippen molar-refractivity contribution < 1.29 is 24.2 Å². The maximum atomic E-state index is 13.6. The third-order valence-corrected chi connectivity index (χ3v) is 8.29. The Bertz CT molecular complexity index is 954. The Morgan fingerprint density at radius 3 is 2.55 bits per heavy atom. The smallest absolute Gasteiger partial charge is 0.246 e. The molecule has 0 saturated carbocycles. The van der Waals surface area contributed by atoms with Gasteiger partial charge >= 0.3 is 0 Å². The lowest BCUT2D eigenvalue weighted by Crippen LogP contribution is -2.57. The second-order valence-electron chi connectivity index (χ2n) is 11.1. The standard InChI is InChI=1S/C27H43N5O5S/c1-17-23(38-16-30-17)19-7-5-18(6-8-19)14-29-25(35)21-13-20(33)15-32(21)26(36)24(27(2,3)4)31-22(34)9-11-37-12-10-28/h5-8,17,20-21,23-24,30,33H,9-16,28H2,1-4H3,(H,29,35)(H,31,34). The summed E-state index contributed by atoms with van der Waals surface area (Å²) in [5, 5.41) is 19.9. The van der Waals surface area contributed by atoms with Gasteiger partial charge in [-0.05, 0) is 23.5 Å². The molecule has 11 heteroatoms. The highest BCUT2D eigenvalue weighted by Crippen LogP contribution is 2.36. The molecule has 0 radical (unpaired) electrons. The van der Waals surface area contributed by atoms with Crippen molar-refractivity contribution in [2.45, 2.75) is 76.6 Å². The molecule has 0 bridgehead atoms. The number of rotatable bonds is 11. The van der Waals surface area contributed by atoms with Crippen molar-refractivity contribution in [2.24, 2.45) is 11.1 Å². The van der Waals surface area contributed by atoms with Gasteiger partial charge in [0.15, 0.2) is 0 Å². The van der Waals surface area contributed by atoms with Crippen LogP contribution in [0.3, 0.4) is 0 Å². The van der Waals surface area contributed by atoms with Crippen molar-refractivity contribution in [2.75, 3.05) is 32.2 Å². The minimum Gasteiger partial charge on any atom is -0.391 e. The molecule has 38 heavy (non-hydrogen) atoms. The monoisotopic (exact) mass is 549 g/mol. The van der Waals surface area contributed by atoms with Crippen LogP contribution in [0.15, 0.2) is 24.3 Å². The number of nitrogens with two attached hydrogens (primary N) is 1. The first kappa shape index (κ1) is 30.4. The number of benzene rings is 1. The van der Waals surface area contributed by atoms with Gasteiger partial charge in [-0.2, -0.15) is 0 Å². The molecule has 3 amide bonds. The normalized spacial score (nSPS) is 24.3. The van der Waals surface area contributed by atoms with Crippen molar-refractivity contribution in [3.63, 3.8) is 0 Å². The minimum atomic E-state index is -0.858. The maximum absolute atomic E-state index is 13.6. The summed E-state index contributed by atoms with van der Waals surface area (Å²) in [7, 11) is 0.